The molecule has 0 fully saturated rings. The van der Waals surface area contributed by atoms with Crippen LogP contribution in [0.1, 0.15) is 12.5 Å². The van der Waals surface area contributed by atoms with Crippen LogP contribution < -0.4 is 0 Å². The van der Waals surface area contributed by atoms with E-state index in [0.29, 0.717) is 13.0 Å². The van der Waals surface area contributed by atoms with Gasteiger partial charge in [-0.3, -0.25) is 9.59 Å². The summed E-state index contributed by atoms with van der Waals surface area (Å²) in [5.74, 6) is -2.45. The lowest BCUT2D eigenvalue weighted by molar-refractivity contribution is -0.149. The van der Waals surface area contributed by atoms with Crippen LogP contribution in [0.2, 0.25) is 0 Å². The van der Waals surface area contributed by atoms with E-state index in [4.69, 9.17) is 5.11 Å². The molecule has 0 heterocycles. The first kappa shape index (κ1) is 14.7. The van der Waals surface area contributed by atoms with Crippen LogP contribution in [0.15, 0.2) is 28.7 Å². The summed E-state index contributed by atoms with van der Waals surface area (Å²) in [7, 11) is 1.62. The van der Waals surface area contributed by atoms with Crippen LogP contribution in [-0.2, 0) is 16.0 Å². The molecule has 0 aliphatic heterocycles. The Labute approximate surface area is 115 Å². The number of hydrogen-bond donors (Lipinski definition) is 1. The molecule has 0 aliphatic rings. The van der Waals surface area contributed by atoms with Gasteiger partial charge in [0.25, 0.3) is 0 Å². The number of hydrogen-bond acceptors (Lipinski definition) is 2. The van der Waals surface area contributed by atoms with Gasteiger partial charge in [-0.05, 0) is 25.0 Å². The molecular formula is C13H16BrNO3. The lowest BCUT2D eigenvalue weighted by Crippen LogP contribution is -2.36. The second-order valence-corrected chi connectivity index (χ2v) is 5.02. The number of halogens is 1. The highest BCUT2D eigenvalue weighted by Gasteiger charge is 2.23. The number of amides is 1. The van der Waals surface area contributed by atoms with Gasteiger partial charge < -0.3 is 10.0 Å². The molecule has 1 aromatic rings. The molecule has 0 saturated carbocycles. The lowest BCUT2D eigenvalue weighted by atomic mass is 10.1. The van der Waals surface area contributed by atoms with Crippen molar-refractivity contribution in [3.8, 4) is 0 Å². The average molecular weight is 314 g/mol. The predicted molar refractivity (Wildman–Crippen MR) is 72.3 cm³/mol. The second-order valence-electron chi connectivity index (χ2n) is 4.16. The zero-order valence-electron chi connectivity index (χ0n) is 10.4. The summed E-state index contributed by atoms with van der Waals surface area (Å²) in [6, 6.07) is 7.77. The Morgan fingerprint density at radius 2 is 2.00 bits per heavy atom. The number of carboxylic acid groups (broad SMARTS) is 1. The van der Waals surface area contributed by atoms with E-state index in [1.54, 1.807) is 7.05 Å². The van der Waals surface area contributed by atoms with E-state index in [9.17, 15) is 9.59 Å². The fourth-order valence-corrected chi connectivity index (χ4v) is 2.02. The minimum atomic E-state index is -1.09. The molecule has 4 nitrogen and oxygen atoms in total. The summed E-state index contributed by atoms with van der Waals surface area (Å²) in [4.78, 5) is 23.9. The summed E-state index contributed by atoms with van der Waals surface area (Å²) in [6.45, 7) is 1.90. The van der Waals surface area contributed by atoms with Gasteiger partial charge in [0.1, 0.15) is 5.92 Å². The van der Waals surface area contributed by atoms with Crippen LogP contribution in [0.3, 0.4) is 0 Å². The first-order valence-electron chi connectivity index (χ1n) is 5.64. The molecule has 98 valence electrons. The molecule has 5 heteroatoms. The lowest BCUT2D eigenvalue weighted by Gasteiger charge is -2.19. The number of rotatable bonds is 5. The summed E-state index contributed by atoms with van der Waals surface area (Å²) < 4.78 is 0.997. The maximum Gasteiger partial charge on any atom is 0.315 e. The molecule has 18 heavy (non-hydrogen) atoms. The van der Waals surface area contributed by atoms with Crippen molar-refractivity contribution in [1.82, 2.24) is 4.90 Å². The molecule has 0 bridgehead atoms. The monoisotopic (exact) mass is 313 g/mol. The van der Waals surface area contributed by atoms with Gasteiger partial charge in [0, 0.05) is 18.1 Å². The highest BCUT2D eigenvalue weighted by molar-refractivity contribution is 9.10. The zero-order valence-corrected chi connectivity index (χ0v) is 12.0. The Kier molecular flexibility index (Phi) is 5.34. The van der Waals surface area contributed by atoms with E-state index in [-0.39, 0.29) is 5.91 Å². The molecule has 1 rings (SSSR count). The van der Waals surface area contributed by atoms with E-state index in [0.717, 1.165) is 10.0 Å². The van der Waals surface area contributed by atoms with Crippen molar-refractivity contribution in [2.75, 3.05) is 13.6 Å². The van der Waals surface area contributed by atoms with Gasteiger partial charge in [-0.15, -0.1) is 0 Å². The number of carbonyl (C=O) groups is 2. The maximum atomic E-state index is 11.7. The number of nitrogens with zero attached hydrogens (tertiary/aromatic N) is 1. The largest absolute Gasteiger partial charge is 0.481 e. The Hall–Kier alpha value is -1.36. The molecule has 1 aromatic carbocycles. The SMILES string of the molecule is CC(C(=O)O)C(=O)N(C)CCc1ccccc1Br. The highest BCUT2D eigenvalue weighted by Crippen LogP contribution is 2.16. The van der Waals surface area contributed by atoms with Crippen molar-refractivity contribution in [2.45, 2.75) is 13.3 Å². The third-order valence-corrected chi connectivity index (χ3v) is 3.57. The van der Waals surface area contributed by atoms with E-state index in [1.807, 2.05) is 24.3 Å². The van der Waals surface area contributed by atoms with E-state index < -0.39 is 11.9 Å². The number of carbonyl (C=O) groups excluding carboxylic acids is 1. The van der Waals surface area contributed by atoms with E-state index in [1.165, 1.54) is 11.8 Å². The normalized spacial score (nSPS) is 11.9. The maximum absolute atomic E-state index is 11.7. The van der Waals surface area contributed by atoms with Gasteiger partial charge in [-0.1, -0.05) is 34.1 Å². The van der Waals surface area contributed by atoms with Gasteiger partial charge in [0.15, 0.2) is 0 Å². The Morgan fingerprint density at radius 1 is 1.39 bits per heavy atom. The zero-order chi connectivity index (χ0) is 13.7. The average Bonchev–Trinajstić information content (AvgIpc) is 2.35. The molecule has 0 spiro atoms. The van der Waals surface area contributed by atoms with Gasteiger partial charge in [0.05, 0.1) is 0 Å². The van der Waals surface area contributed by atoms with Crippen molar-refractivity contribution in [1.29, 1.82) is 0 Å². The molecular weight excluding hydrogens is 298 g/mol. The quantitative estimate of drug-likeness (QED) is 0.848. The number of carboxylic acids is 1. The van der Waals surface area contributed by atoms with Crippen LogP contribution in [-0.4, -0.2) is 35.5 Å². The van der Waals surface area contributed by atoms with Crippen molar-refractivity contribution in [3.63, 3.8) is 0 Å². The third kappa shape index (κ3) is 3.84. The first-order valence-corrected chi connectivity index (χ1v) is 6.44. The fraction of sp³-hybridized carbons (Fsp3) is 0.385. The van der Waals surface area contributed by atoms with Gasteiger partial charge in [-0.25, -0.2) is 0 Å². The van der Waals surface area contributed by atoms with Crippen LogP contribution >= 0.6 is 15.9 Å². The predicted octanol–water partition coefficient (Wildman–Crippen LogP) is 2.17. The van der Waals surface area contributed by atoms with Crippen LogP contribution in [0.25, 0.3) is 0 Å². The molecule has 1 N–H and O–H groups in total. The number of aliphatic carboxylic acids is 1. The number of benzene rings is 1. The first-order chi connectivity index (χ1) is 8.43. The fourth-order valence-electron chi connectivity index (χ4n) is 1.54. The molecule has 0 aromatic heterocycles. The third-order valence-electron chi connectivity index (χ3n) is 2.79. The minimum Gasteiger partial charge on any atom is -0.481 e. The summed E-state index contributed by atoms with van der Waals surface area (Å²) in [6.07, 6.45) is 0.690. The standard InChI is InChI=1S/C13H16BrNO3/c1-9(13(17)18)12(16)15(2)8-7-10-5-3-4-6-11(10)14/h3-6,9H,7-8H2,1-2H3,(H,17,18). The van der Waals surface area contributed by atoms with Crippen molar-refractivity contribution >= 4 is 27.8 Å². The van der Waals surface area contributed by atoms with Crippen molar-refractivity contribution in [3.05, 3.63) is 34.3 Å². The Balaban J connectivity index is 2.56. The Bertz CT molecular complexity index is 448. The molecule has 1 amide bonds. The van der Waals surface area contributed by atoms with Crippen molar-refractivity contribution in [2.24, 2.45) is 5.92 Å². The van der Waals surface area contributed by atoms with Gasteiger partial charge in [-0.2, -0.15) is 0 Å². The van der Waals surface area contributed by atoms with E-state index >= 15 is 0 Å². The smallest absolute Gasteiger partial charge is 0.315 e. The van der Waals surface area contributed by atoms with Gasteiger partial charge in [0.2, 0.25) is 5.91 Å². The summed E-state index contributed by atoms with van der Waals surface area (Å²) >= 11 is 3.44. The summed E-state index contributed by atoms with van der Waals surface area (Å²) in [5, 5.41) is 8.78. The molecule has 1 atom stereocenters. The van der Waals surface area contributed by atoms with Crippen LogP contribution in [0, 0.1) is 5.92 Å². The topological polar surface area (TPSA) is 57.6 Å². The van der Waals surface area contributed by atoms with E-state index in [2.05, 4.69) is 15.9 Å². The highest BCUT2D eigenvalue weighted by atomic mass is 79.9. The molecule has 0 radical (unpaired) electrons. The molecule has 0 saturated heterocycles. The summed E-state index contributed by atoms with van der Waals surface area (Å²) in [5.41, 5.74) is 1.10. The van der Waals surface area contributed by atoms with Gasteiger partial charge >= 0.3 is 5.97 Å². The van der Waals surface area contributed by atoms with Crippen LogP contribution in [0.4, 0.5) is 0 Å². The second kappa shape index (κ2) is 6.54. The van der Waals surface area contributed by atoms with Crippen molar-refractivity contribution < 1.29 is 14.7 Å². The van der Waals surface area contributed by atoms with Crippen LogP contribution in [0.5, 0.6) is 0 Å². The Morgan fingerprint density at radius 3 is 2.56 bits per heavy atom. The number of likely N-dealkylation sites (N-methyl/N-ethyl adjacent to an activating group) is 1. The minimum absolute atomic E-state index is 0.366. The molecule has 1 unspecified atom stereocenters. The molecule has 0 aliphatic carbocycles.